The zero-order valence-electron chi connectivity index (χ0n) is 17.8. The van der Waals surface area contributed by atoms with Gasteiger partial charge in [-0.15, -0.1) is 0 Å². The normalized spacial score (nSPS) is 12.3. The van der Waals surface area contributed by atoms with Gasteiger partial charge in [0.25, 0.3) is 0 Å². The molecule has 2 nitrogen and oxygen atoms in total. The first-order chi connectivity index (χ1) is 14.8. The van der Waals surface area contributed by atoms with Crippen LogP contribution in [0.25, 0.3) is 0 Å². The molecule has 3 rings (SSSR count). The summed E-state index contributed by atoms with van der Waals surface area (Å²) in [6.45, 7) is 5.94. The summed E-state index contributed by atoms with van der Waals surface area (Å²) < 4.78 is 55.2. The van der Waals surface area contributed by atoms with Gasteiger partial charge in [0.2, 0.25) is 0 Å². The third kappa shape index (κ3) is 5.58. The molecule has 0 heterocycles. The maximum absolute atomic E-state index is 15.2. The molecule has 0 aromatic heterocycles. The molecular weight excluding hydrogens is 417 g/mol. The summed E-state index contributed by atoms with van der Waals surface area (Å²) in [6.07, 6.45) is -0.273. The Morgan fingerprint density at radius 3 is 2.19 bits per heavy atom. The molecule has 0 spiro atoms. The molecule has 0 amide bonds. The van der Waals surface area contributed by atoms with Crippen molar-refractivity contribution < 1.29 is 22.6 Å². The highest BCUT2D eigenvalue weighted by Crippen LogP contribution is 2.29. The van der Waals surface area contributed by atoms with Crippen LogP contribution < -0.4 is 14.7 Å². The van der Waals surface area contributed by atoms with Crippen LogP contribution in [0.4, 0.5) is 13.2 Å². The van der Waals surface area contributed by atoms with Crippen molar-refractivity contribution in [3.63, 3.8) is 0 Å². The molecule has 0 atom stereocenters. The Kier molecular flexibility index (Phi) is 7.23. The van der Waals surface area contributed by atoms with Crippen LogP contribution in [0, 0.1) is 5.82 Å². The smallest absolute Gasteiger partial charge is 0.165 e. The molecule has 0 aliphatic heterocycles. The van der Waals surface area contributed by atoms with Gasteiger partial charge >= 0.3 is 0 Å². The van der Waals surface area contributed by atoms with E-state index in [4.69, 9.17) is 9.47 Å². The predicted molar refractivity (Wildman–Crippen MR) is 121 cm³/mol. The van der Waals surface area contributed by atoms with Crippen molar-refractivity contribution in [1.29, 1.82) is 0 Å². The molecule has 0 radical (unpaired) electrons. The number of rotatable bonds is 8. The quantitative estimate of drug-likeness (QED) is 0.355. The van der Waals surface area contributed by atoms with E-state index in [1.54, 1.807) is 61.6 Å². The standard InChI is InChI=1S/C25H25F3O2Si/c1-4-29-19-11-13-21(14-12-19)31(2,3)25(28)23(27)16-18-10-15-22(26)24(17-18)30-20-8-6-5-7-9-20/h5-15,17H,4,16H2,1-3H3. The SMILES string of the molecule is CCOc1ccc([Si](C)(C)C(F)=C(F)Cc2ccc(F)c(Oc3ccccc3)c2)cc1. The molecule has 0 bridgehead atoms. The Balaban J connectivity index is 1.81. The van der Waals surface area contributed by atoms with Crippen LogP contribution in [0.1, 0.15) is 12.5 Å². The Labute approximate surface area is 182 Å². The second kappa shape index (κ2) is 9.88. The van der Waals surface area contributed by atoms with Crippen molar-refractivity contribution in [2.45, 2.75) is 26.4 Å². The van der Waals surface area contributed by atoms with Gasteiger partial charge in [0.1, 0.15) is 22.8 Å². The number of ether oxygens (including phenoxy) is 2. The molecule has 3 aromatic carbocycles. The lowest BCUT2D eigenvalue weighted by Crippen LogP contribution is -2.43. The van der Waals surface area contributed by atoms with E-state index in [2.05, 4.69) is 0 Å². The van der Waals surface area contributed by atoms with Crippen LogP contribution in [0.5, 0.6) is 17.2 Å². The first-order valence-electron chi connectivity index (χ1n) is 10.1. The second-order valence-corrected chi connectivity index (χ2v) is 11.9. The van der Waals surface area contributed by atoms with E-state index in [0.717, 1.165) is 5.19 Å². The Morgan fingerprint density at radius 2 is 1.55 bits per heavy atom. The third-order valence-corrected chi connectivity index (χ3v) is 8.15. The van der Waals surface area contributed by atoms with Gasteiger partial charge in [0.05, 0.1) is 6.61 Å². The molecule has 0 fully saturated rings. The van der Waals surface area contributed by atoms with Crippen molar-refractivity contribution in [2.24, 2.45) is 0 Å². The van der Waals surface area contributed by atoms with Crippen LogP contribution >= 0.6 is 0 Å². The number of halogens is 3. The van der Waals surface area contributed by atoms with E-state index in [9.17, 15) is 8.78 Å². The largest absolute Gasteiger partial charge is 0.494 e. The van der Waals surface area contributed by atoms with Gasteiger partial charge in [-0.3, -0.25) is 0 Å². The molecule has 0 saturated heterocycles. The number of allylic oxidation sites excluding steroid dienone is 1. The van der Waals surface area contributed by atoms with Gasteiger partial charge in [-0.05, 0) is 48.9 Å². The summed E-state index contributed by atoms with van der Waals surface area (Å²) in [6, 6.07) is 19.9. The van der Waals surface area contributed by atoms with Gasteiger partial charge in [0.15, 0.2) is 19.6 Å². The molecule has 0 aliphatic rings. The van der Waals surface area contributed by atoms with Crippen molar-refractivity contribution in [1.82, 2.24) is 0 Å². The fourth-order valence-electron chi connectivity index (χ4n) is 3.21. The number of para-hydroxylation sites is 1. The molecule has 162 valence electrons. The molecule has 3 aromatic rings. The third-order valence-electron chi connectivity index (χ3n) is 5.00. The van der Waals surface area contributed by atoms with Crippen molar-refractivity contribution in [2.75, 3.05) is 6.61 Å². The highest BCUT2D eigenvalue weighted by Gasteiger charge is 2.32. The summed E-state index contributed by atoms with van der Waals surface area (Å²) >= 11 is 0. The summed E-state index contributed by atoms with van der Waals surface area (Å²) in [5.74, 6) is -0.285. The Morgan fingerprint density at radius 1 is 0.871 bits per heavy atom. The lowest BCUT2D eigenvalue weighted by Gasteiger charge is -2.22. The molecule has 31 heavy (non-hydrogen) atoms. The number of hydrogen-bond donors (Lipinski definition) is 0. The van der Waals surface area contributed by atoms with Crippen LogP contribution in [-0.2, 0) is 6.42 Å². The monoisotopic (exact) mass is 442 g/mol. The van der Waals surface area contributed by atoms with Crippen LogP contribution in [0.3, 0.4) is 0 Å². The van der Waals surface area contributed by atoms with E-state index in [1.807, 2.05) is 13.0 Å². The molecule has 0 aliphatic carbocycles. The highest BCUT2D eigenvalue weighted by molar-refractivity contribution is 6.95. The van der Waals surface area contributed by atoms with E-state index in [-0.39, 0.29) is 12.2 Å². The average molecular weight is 443 g/mol. The van der Waals surface area contributed by atoms with Crippen LogP contribution in [0.2, 0.25) is 13.1 Å². The molecule has 0 unspecified atom stereocenters. The van der Waals surface area contributed by atoms with Gasteiger partial charge in [-0.2, -0.15) is 0 Å². The van der Waals surface area contributed by atoms with Gasteiger partial charge in [-0.1, -0.05) is 54.7 Å². The predicted octanol–water partition coefficient (Wildman–Crippen LogP) is 6.86. The zero-order valence-corrected chi connectivity index (χ0v) is 18.8. The van der Waals surface area contributed by atoms with Crippen molar-refractivity contribution >= 4 is 13.3 Å². The van der Waals surface area contributed by atoms with Gasteiger partial charge < -0.3 is 9.47 Å². The minimum atomic E-state index is -2.85. The summed E-state index contributed by atoms with van der Waals surface area (Å²) in [5.41, 5.74) is -0.303. The Bertz CT molecular complexity index is 1050. The van der Waals surface area contributed by atoms with Gasteiger partial charge in [0, 0.05) is 6.42 Å². The molecule has 6 heteroatoms. The van der Waals surface area contributed by atoms with Crippen molar-refractivity contribution in [3.8, 4) is 17.2 Å². The molecule has 0 saturated carbocycles. The maximum atomic E-state index is 15.2. The van der Waals surface area contributed by atoms with E-state index in [1.165, 1.54) is 18.2 Å². The van der Waals surface area contributed by atoms with Crippen LogP contribution in [-0.4, -0.2) is 14.7 Å². The van der Waals surface area contributed by atoms with Crippen molar-refractivity contribution in [3.05, 3.63) is 95.5 Å². The van der Waals surface area contributed by atoms with Gasteiger partial charge in [-0.25, -0.2) is 13.2 Å². The van der Waals surface area contributed by atoms with E-state index >= 15 is 4.39 Å². The summed E-state index contributed by atoms with van der Waals surface area (Å²) in [4.78, 5) is 0. The first-order valence-corrected chi connectivity index (χ1v) is 13.1. The zero-order chi connectivity index (χ0) is 22.4. The topological polar surface area (TPSA) is 18.5 Å². The average Bonchev–Trinajstić information content (AvgIpc) is 2.77. The number of benzene rings is 3. The van der Waals surface area contributed by atoms with E-state index < -0.39 is 25.2 Å². The Hall–Kier alpha value is -2.99. The lowest BCUT2D eigenvalue weighted by molar-refractivity contribution is 0.340. The van der Waals surface area contributed by atoms with Crippen LogP contribution in [0.15, 0.2) is 84.1 Å². The minimum absolute atomic E-state index is 0.0278. The van der Waals surface area contributed by atoms with E-state index in [0.29, 0.717) is 23.7 Å². The fraction of sp³-hybridized carbons (Fsp3) is 0.200. The highest BCUT2D eigenvalue weighted by atomic mass is 28.3. The second-order valence-electron chi connectivity index (χ2n) is 7.66. The molecular formula is C25H25F3O2Si. The maximum Gasteiger partial charge on any atom is 0.165 e. The summed E-state index contributed by atoms with van der Waals surface area (Å²) in [7, 11) is -2.85. The number of hydrogen-bond acceptors (Lipinski definition) is 2. The minimum Gasteiger partial charge on any atom is -0.494 e. The first kappa shape index (κ1) is 22.7. The fourth-order valence-corrected chi connectivity index (χ4v) is 5.23. The lowest BCUT2D eigenvalue weighted by atomic mass is 10.1. The summed E-state index contributed by atoms with van der Waals surface area (Å²) in [5, 5.41) is 0.760. The molecule has 0 N–H and O–H groups in total.